The highest BCUT2D eigenvalue weighted by molar-refractivity contribution is 14.1. The number of unbranched alkanes of at least 4 members (excludes halogenated alkanes) is 9. The minimum absolute atomic E-state index is 0.854. The standard InChI is InChI=1S/C18H28BrIO/c19-15-9-7-5-3-1-2-4-6-8-10-16-21-18-13-11-17(20)12-14-18/h11-14H,1-10,15-16H2. The third kappa shape index (κ3) is 11.5. The first kappa shape index (κ1) is 19.3. The van der Waals surface area contributed by atoms with Gasteiger partial charge >= 0.3 is 0 Å². The Morgan fingerprint density at radius 2 is 1.19 bits per heavy atom. The lowest BCUT2D eigenvalue weighted by Crippen LogP contribution is -1.97. The van der Waals surface area contributed by atoms with E-state index in [0.29, 0.717) is 0 Å². The number of alkyl halides is 1. The molecule has 0 amide bonds. The molecule has 0 radical (unpaired) electrons. The summed E-state index contributed by atoms with van der Waals surface area (Å²) >= 11 is 5.80. The molecule has 0 saturated carbocycles. The summed E-state index contributed by atoms with van der Waals surface area (Å²) in [5.74, 6) is 0.999. The highest BCUT2D eigenvalue weighted by atomic mass is 127. The van der Waals surface area contributed by atoms with Crippen molar-refractivity contribution in [3.8, 4) is 5.75 Å². The molecule has 0 aliphatic heterocycles. The number of rotatable bonds is 13. The normalized spacial score (nSPS) is 10.8. The fourth-order valence-electron chi connectivity index (χ4n) is 2.33. The molecule has 21 heavy (non-hydrogen) atoms. The molecular formula is C18H28BrIO. The Hall–Kier alpha value is 0.230. The van der Waals surface area contributed by atoms with E-state index >= 15 is 0 Å². The Labute approximate surface area is 152 Å². The lowest BCUT2D eigenvalue weighted by Gasteiger charge is -2.06. The summed E-state index contributed by atoms with van der Waals surface area (Å²) in [5.41, 5.74) is 0. The summed E-state index contributed by atoms with van der Waals surface area (Å²) in [4.78, 5) is 0. The van der Waals surface area contributed by atoms with Crippen molar-refractivity contribution in [2.75, 3.05) is 11.9 Å². The van der Waals surface area contributed by atoms with Gasteiger partial charge in [-0.1, -0.05) is 67.3 Å². The van der Waals surface area contributed by atoms with Crippen LogP contribution in [0.15, 0.2) is 24.3 Å². The van der Waals surface area contributed by atoms with Crippen LogP contribution in [0.2, 0.25) is 0 Å². The first-order valence-electron chi connectivity index (χ1n) is 8.27. The number of benzene rings is 1. The molecule has 0 spiro atoms. The second-order valence-corrected chi connectivity index (χ2v) is 7.57. The van der Waals surface area contributed by atoms with Gasteiger partial charge in [0.2, 0.25) is 0 Å². The second kappa shape index (κ2) is 13.9. The van der Waals surface area contributed by atoms with Gasteiger partial charge in [-0.25, -0.2) is 0 Å². The van der Waals surface area contributed by atoms with E-state index in [0.717, 1.165) is 17.7 Å². The monoisotopic (exact) mass is 466 g/mol. The van der Waals surface area contributed by atoms with Crippen molar-refractivity contribution < 1.29 is 4.74 Å². The number of halogens is 2. The molecule has 0 aliphatic rings. The topological polar surface area (TPSA) is 9.23 Å². The predicted octanol–water partition coefficient (Wildman–Crippen LogP) is 6.97. The third-order valence-corrected chi connectivity index (χ3v) is 4.89. The van der Waals surface area contributed by atoms with Crippen LogP contribution in [0.5, 0.6) is 5.75 Å². The van der Waals surface area contributed by atoms with E-state index in [4.69, 9.17) is 4.74 Å². The van der Waals surface area contributed by atoms with Crippen LogP contribution in [0.25, 0.3) is 0 Å². The molecule has 1 nitrogen and oxygen atoms in total. The molecule has 0 N–H and O–H groups in total. The van der Waals surface area contributed by atoms with E-state index in [1.807, 2.05) is 0 Å². The smallest absolute Gasteiger partial charge is 0.119 e. The maximum absolute atomic E-state index is 5.74. The maximum Gasteiger partial charge on any atom is 0.119 e. The molecule has 1 rings (SSSR count). The Balaban J connectivity index is 1.81. The number of ether oxygens (including phenoxy) is 1. The van der Waals surface area contributed by atoms with Crippen LogP contribution >= 0.6 is 38.5 Å². The van der Waals surface area contributed by atoms with E-state index in [1.54, 1.807) is 0 Å². The zero-order chi connectivity index (χ0) is 15.2. The molecule has 0 aromatic heterocycles. The van der Waals surface area contributed by atoms with Gasteiger partial charge in [-0.05, 0) is 59.7 Å². The molecule has 120 valence electrons. The molecule has 0 aliphatic carbocycles. The van der Waals surface area contributed by atoms with Crippen molar-refractivity contribution in [3.63, 3.8) is 0 Å². The van der Waals surface area contributed by atoms with Gasteiger partial charge in [0, 0.05) is 8.90 Å². The van der Waals surface area contributed by atoms with E-state index in [9.17, 15) is 0 Å². The van der Waals surface area contributed by atoms with Crippen molar-refractivity contribution >= 4 is 38.5 Å². The second-order valence-electron chi connectivity index (χ2n) is 5.53. The predicted molar refractivity (Wildman–Crippen MR) is 105 cm³/mol. The van der Waals surface area contributed by atoms with Crippen LogP contribution in [0, 0.1) is 3.57 Å². The fraction of sp³-hybridized carbons (Fsp3) is 0.667. The van der Waals surface area contributed by atoms with Crippen LogP contribution in [-0.4, -0.2) is 11.9 Å². The Bertz CT molecular complexity index is 340. The lowest BCUT2D eigenvalue weighted by molar-refractivity contribution is 0.304. The van der Waals surface area contributed by atoms with Gasteiger partial charge in [0.15, 0.2) is 0 Å². The summed E-state index contributed by atoms with van der Waals surface area (Å²) in [6.45, 7) is 0.854. The average Bonchev–Trinajstić information content (AvgIpc) is 2.50. The zero-order valence-electron chi connectivity index (χ0n) is 13.0. The van der Waals surface area contributed by atoms with Crippen LogP contribution in [0.1, 0.15) is 64.2 Å². The molecule has 0 fully saturated rings. The summed E-state index contributed by atoms with van der Waals surface area (Å²) in [6.07, 6.45) is 13.6. The van der Waals surface area contributed by atoms with E-state index in [-0.39, 0.29) is 0 Å². The van der Waals surface area contributed by atoms with Crippen molar-refractivity contribution in [1.82, 2.24) is 0 Å². The van der Waals surface area contributed by atoms with E-state index < -0.39 is 0 Å². The van der Waals surface area contributed by atoms with Crippen LogP contribution in [0.4, 0.5) is 0 Å². The van der Waals surface area contributed by atoms with Crippen LogP contribution < -0.4 is 4.74 Å². The SMILES string of the molecule is BrCCCCCCCCCCCCOc1ccc(I)cc1. The summed E-state index contributed by atoms with van der Waals surface area (Å²) in [5, 5.41) is 1.16. The molecule has 0 unspecified atom stereocenters. The van der Waals surface area contributed by atoms with Crippen molar-refractivity contribution in [1.29, 1.82) is 0 Å². The molecule has 1 aromatic carbocycles. The Kier molecular flexibility index (Phi) is 12.7. The van der Waals surface area contributed by atoms with Gasteiger partial charge in [-0.15, -0.1) is 0 Å². The summed E-state index contributed by atoms with van der Waals surface area (Å²) in [6, 6.07) is 8.29. The molecule has 0 bridgehead atoms. The quantitative estimate of drug-likeness (QED) is 0.173. The first-order chi connectivity index (χ1) is 10.3. The summed E-state index contributed by atoms with van der Waals surface area (Å²) < 4.78 is 6.99. The van der Waals surface area contributed by atoms with Gasteiger partial charge in [0.05, 0.1) is 6.61 Å². The van der Waals surface area contributed by atoms with Crippen molar-refractivity contribution in [2.24, 2.45) is 0 Å². The van der Waals surface area contributed by atoms with Gasteiger partial charge in [-0.3, -0.25) is 0 Å². The Morgan fingerprint density at radius 3 is 1.71 bits per heavy atom. The molecule has 0 atom stereocenters. The average molecular weight is 467 g/mol. The first-order valence-corrected chi connectivity index (χ1v) is 10.5. The molecule has 0 saturated heterocycles. The molecular weight excluding hydrogens is 439 g/mol. The lowest BCUT2D eigenvalue weighted by atomic mass is 10.1. The Morgan fingerprint density at radius 1 is 0.714 bits per heavy atom. The zero-order valence-corrected chi connectivity index (χ0v) is 16.7. The fourth-order valence-corrected chi connectivity index (χ4v) is 3.09. The molecule has 3 heteroatoms. The largest absolute Gasteiger partial charge is 0.494 e. The minimum Gasteiger partial charge on any atom is -0.494 e. The van der Waals surface area contributed by atoms with E-state index in [1.165, 1.54) is 67.8 Å². The van der Waals surface area contributed by atoms with Crippen molar-refractivity contribution in [3.05, 3.63) is 27.8 Å². The highest BCUT2D eigenvalue weighted by Gasteiger charge is 1.95. The van der Waals surface area contributed by atoms with Crippen molar-refractivity contribution in [2.45, 2.75) is 64.2 Å². The number of hydrogen-bond acceptors (Lipinski definition) is 1. The van der Waals surface area contributed by atoms with Gasteiger partial charge < -0.3 is 4.74 Å². The maximum atomic E-state index is 5.74. The third-order valence-electron chi connectivity index (χ3n) is 3.61. The van der Waals surface area contributed by atoms with Gasteiger partial charge in [0.1, 0.15) is 5.75 Å². The minimum atomic E-state index is 0.854. The molecule has 0 heterocycles. The van der Waals surface area contributed by atoms with Crippen LogP contribution in [0.3, 0.4) is 0 Å². The van der Waals surface area contributed by atoms with E-state index in [2.05, 4.69) is 62.8 Å². The number of hydrogen-bond donors (Lipinski definition) is 0. The molecule has 1 aromatic rings. The highest BCUT2D eigenvalue weighted by Crippen LogP contribution is 2.15. The van der Waals surface area contributed by atoms with Crippen LogP contribution in [-0.2, 0) is 0 Å². The van der Waals surface area contributed by atoms with Gasteiger partial charge in [-0.2, -0.15) is 0 Å². The van der Waals surface area contributed by atoms with Gasteiger partial charge in [0.25, 0.3) is 0 Å². The summed E-state index contributed by atoms with van der Waals surface area (Å²) in [7, 11) is 0.